The molecule has 1 heterocycles. The Balaban J connectivity index is 2.48. The number of piperidine rings is 1. The van der Waals surface area contributed by atoms with E-state index in [0.29, 0.717) is 0 Å². The van der Waals surface area contributed by atoms with E-state index in [1.54, 1.807) is 13.2 Å². The molecule has 0 aliphatic carbocycles. The second kappa shape index (κ2) is 5.04. The van der Waals surface area contributed by atoms with Crippen molar-refractivity contribution < 1.29 is 14.7 Å². The lowest BCUT2D eigenvalue weighted by atomic mass is 9.92. The third kappa shape index (κ3) is 3.41. The maximum atomic E-state index is 10.0. The first-order valence-corrected chi connectivity index (χ1v) is 4.90. The second-order valence-corrected chi connectivity index (χ2v) is 3.80. The van der Waals surface area contributed by atoms with E-state index in [0.717, 1.165) is 25.9 Å². The standard InChI is InChI=1S/C11H17NO2/c1-12-8-6-11(13,7-9-12)5-3-4-10-14-2/h4,10,13H,6-9H2,1-2H3/p+1. The first-order chi connectivity index (χ1) is 6.66. The molecule has 0 radical (unpaired) electrons. The van der Waals surface area contributed by atoms with Gasteiger partial charge in [-0.3, -0.25) is 0 Å². The molecule has 78 valence electrons. The summed E-state index contributed by atoms with van der Waals surface area (Å²) in [5.74, 6) is 5.68. The Morgan fingerprint density at radius 2 is 2.07 bits per heavy atom. The van der Waals surface area contributed by atoms with E-state index in [1.807, 2.05) is 0 Å². The Bertz CT molecular complexity index is 254. The van der Waals surface area contributed by atoms with E-state index in [1.165, 1.54) is 11.2 Å². The van der Waals surface area contributed by atoms with Crippen LogP contribution in [-0.2, 0) is 4.74 Å². The Morgan fingerprint density at radius 3 is 2.64 bits per heavy atom. The van der Waals surface area contributed by atoms with Gasteiger partial charge in [-0.25, -0.2) is 0 Å². The Morgan fingerprint density at radius 1 is 1.43 bits per heavy atom. The van der Waals surface area contributed by atoms with E-state index >= 15 is 0 Å². The average Bonchev–Trinajstić information content (AvgIpc) is 2.18. The number of ether oxygens (including phenoxy) is 1. The molecule has 14 heavy (non-hydrogen) atoms. The summed E-state index contributed by atoms with van der Waals surface area (Å²) >= 11 is 0. The first kappa shape index (κ1) is 11.1. The zero-order valence-corrected chi connectivity index (χ0v) is 8.84. The van der Waals surface area contributed by atoms with Gasteiger partial charge in [-0.15, -0.1) is 0 Å². The number of quaternary nitrogens is 1. The second-order valence-electron chi connectivity index (χ2n) is 3.80. The largest absolute Gasteiger partial charge is 0.504 e. The van der Waals surface area contributed by atoms with Crippen molar-refractivity contribution in [1.29, 1.82) is 0 Å². The highest BCUT2D eigenvalue weighted by molar-refractivity contribution is 5.21. The molecule has 0 aromatic heterocycles. The van der Waals surface area contributed by atoms with Gasteiger partial charge in [0.25, 0.3) is 0 Å². The Labute approximate surface area is 85.4 Å². The van der Waals surface area contributed by atoms with Crippen LogP contribution in [0.5, 0.6) is 0 Å². The molecule has 1 saturated heterocycles. The van der Waals surface area contributed by atoms with Crippen molar-refractivity contribution in [2.75, 3.05) is 27.2 Å². The quantitative estimate of drug-likeness (QED) is 0.425. The van der Waals surface area contributed by atoms with E-state index in [4.69, 9.17) is 4.74 Å². The molecule has 1 aliphatic rings. The van der Waals surface area contributed by atoms with Crippen LogP contribution in [0.15, 0.2) is 12.3 Å². The van der Waals surface area contributed by atoms with Crippen molar-refractivity contribution in [1.82, 2.24) is 0 Å². The van der Waals surface area contributed by atoms with Gasteiger partial charge in [0.2, 0.25) is 0 Å². The van der Waals surface area contributed by atoms with E-state index in [2.05, 4.69) is 18.9 Å². The molecule has 0 aromatic rings. The molecule has 1 rings (SSSR count). The molecule has 0 amide bonds. The van der Waals surface area contributed by atoms with Gasteiger partial charge >= 0.3 is 0 Å². The molecule has 3 heteroatoms. The molecule has 1 fully saturated rings. The zero-order valence-electron chi connectivity index (χ0n) is 8.84. The van der Waals surface area contributed by atoms with Crippen molar-refractivity contribution in [2.45, 2.75) is 18.4 Å². The van der Waals surface area contributed by atoms with Gasteiger partial charge < -0.3 is 14.7 Å². The predicted octanol–water partition coefficient (Wildman–Crippen LogP) is -0.810. The monoisotopic (exact) mass is 196 g/mol. The summed E-state index contributed by atoms with van der Waals surface area (Å²) in [7, 11) is 3.71. The molecule has 0 unspecified atom stereocenters. The van der Waals surface area contributed by atoms with Gasteiger partial charge in [0.1, 0.15) is 5.60 Å². The normalized spacial score (nSPS) is 32.4. The average molecular weight is 196 g/mol. The third-order valence-corrected chi connectivity index (χ3v) is 2.52. The van der Waals surface area contributed by atoms with Gasteiger partial charge in [0.05, 0.1) is 33.5 Å². The summed E-state index contributed by atoms with van der Waals surface area (Å²) in [6.07, 6.45) is 4.64. The maximum Gasteiger partial charge on any atom is 0.136 e. The summed E-state index contributed by atoms with van der Waals surface area (Å²) in [6.45, 7) is 1.97. The molecule has 0 spiro atoms. The lowest BCUT2D eigenvalue weighted by Gasteiger charge is -2.30. The molecule has 0 bridgehead atoms. The van der Waals surface area contributed by atoms with Gasteiger partial charge in [-0.2, -0.15) is 0 Å². The van der Waals surface area contributed by atoms with Crippen molar-refractivity contribution in [3.05, 3.63) is 12.3 Å². The summed E-state index contributed by atoms with van der Waals surface area (Å²) in [4.78, 5) is 1.46. The fraction of sp³-hybridized carbons (Fsp3) is 0.636. The molecule has 0 aromatic carbocycles. The number of hydrogen-bond acceptors (Lipinski definition) is 2. The van der Waals surface area contributed by atoms with Crippen LogP contribution < -0.4 is 4.90 Å². The molecular weight excluding hydrogens is 178 g/mol. The lowest BCUT2D eigenvalue weighted by molar-refractivity contribution is -0.886. The summed E-state index contributed by atoms with van der Waals surface area (Å²) in [5, 5.41) is 10.0. The molecular formula is C11H18NO2+. The van der Waals surface area contributed by atoms with Crippen molar-refractivity contribution in [2.24, 2.45) is 0 Å². The molecule has 2 N–H and O–H groups in total. The van der Waals surface area contributed by atoms with Crippen LogP contribution in [0.25, 0.3) is 0 Å². The number of aliphatic hydroxyl groups is 1. The highest BCUT2D eigenvalue weighted by Crippen LogP contribution is 2.14. The number of hydrogen-bond donors (Lipinski definition) is 2. The third-order valence-electron chi connectivity index (χ3n) is 2.52. The van der Waals surface area contributed by atoms with E-state index in [9.17, 15) is 5.11 Å². The number of nitrogens with one attached hydrogen (secondary N) is 1. The maximum absolute atomic E-state index is 10.0. The van der Waals surface area contributed by atoms with Crippen LogP contribution in [-0.4, -0.2) is 38.0 Å². The fourth-order valence-electron chi connectivity index (χ4n) is 1.49. The topological polar surface area (TPSA) is 33.9 Å². The highest BCUT2D eigenvalue weighted by Gasteiger charge is 2.31. The van der Waals surface area contributed by atoms with Gasteiger partial charge in [-0.05, 0) is 0 Å². The van der Waals surface area contributed by atoms with E-state index in [-0.39, 0.29) is 0 Å². The number of rotatable bonds is 1. The minimum absolute atomic E-state index is 0.757. The van der Waals surface area contributed by atoms with Gasteiger partial charge in [0.15, 0.2) is 0 Å². The molecule has 1 aliphatic heterocycles. The van der Waals surface area contributed by atoms with Crippen LogP contribution in [0, 0.1) is 11.8 Å². The smallest absolute Gasteiger partial charge is 0.136 e. The van der Waals surface area contributed by atoms with Crippen LogP contribution in [0.1, 0.15) is 12.8 Å². The molecule has 0 atom stereocenters. The molecule has 3 nitrogen and oxygen atoms in total. The van der Waals surface area contributed by atoms with Crippen LogP contribution in [0.2, 0.25) is 0 Å². The number of methoxy groups -OCH3 is 1. The minimum Gasteiger partial charge on any atom is -0.504 e. The Kier molecular flexibility index (Phi) is 3.99. The van der Waals surface area contributed by atoms with Crippen LogP contribution in [0.3, 0.4) is 0 Å². The highest BCUT2D eigenvalue weighted by atomic mass is 16.5. The SMILES string of the molecule is COC=CC#CC1(O)CC[NH+](C)CC1. The lowest BCUT2D eigenvalue weighted by Crippen LogP contribution is -3.10. The van der Waals surface area contributed by atoms with Crippen molar-refractivity contribution in [3.63, 3.8) is 0 Å². The summed E-state index contributed by atoms with van der Waals surface area (Å²) in [5.41, 5.74) is -0.780. The fourth-order valence-corrected chi connectivity index (χ4v) is 1.49. The molecule has 0 saturated carbocycles. The zero-order chi connectivity index (χ0) is 10.4. The van der Waals surface area contributed by atoms with Crippen molar-refractivity contribution in [3.8, 4) is 11.8 Å². The number of allylic oxidation sites excluding steroid dienone is 1. The van der Waals surface area contributed by atoms with E-state index < -0.39 is 5.60 Å². The minimum atomic E-state index is -0.780. The van der Waals surface area contributed by atoms with Crippen LogP contribution >= 0.6 is 0 Å². The van der Waals surface area contributed by atoms with Crippen LogP contribution in [0.4, 0.5) is 0 Å². The van der Waals surface area contributed by atoms with Crippen molar-refractivity contribution >= 4 is 0 Å². The summed E-state index contributed by atoms with van der Waals surface area (Å²) in [6, 6.07) is 0. The predicted molar refractivity (Wildman–Crippen MR) is 54.7 cm³/mol. The first-order valence-electron chi connectivity index (χ1n) is 4.90. The number of likely N-dealkylation sites (tertiary alicyclic amines) is 1. The van der Waals surface area contributed by atoms with Gasteiger partial charge in [0, 0.05) is 18.9 Å². The van der Waals surface area contributed by atoms with Gasteiger partial charge in [-0.1, -0.05) is 11.8 Å². The Hall–Kier alpha value is -0.980. The summed E-state index contributed by atoms with van der Waals surface area (Å²) < 4.78 is 4.71.